The fraction of sp³-hybridized carbons (Fsp3) is 0.125. The van der Waals surface area contributed by atoms with Crippen molar-refractivity contribution in [2.75, 3.05) is 13.9 Å². The van der Waals surface area contributed by atoms with Crippen LogP contribution in [0.5, 0.6) is 5.75 Å². The summed E-state index contributed by atoms with van der Waals surface area (Å²) in [4.78, 5) is 0. The largest absolute Gasteiger partial charge is 0.466 e. The minimum atomic E-state index is 0.206. The van der Waals surface area contributed by atoms with Gasteiger partial charge in [0.05, 0.1) is 4.47 Å². The first-order valence-electron chi connectivity index (χ1n) is 5.89. The molecule has 2 nitrogen and oxygen atoms in total. The number of hydrogen-bond donors (Lipinski definition) is 0. The molecule has 19 heavy (non-hydrogen) atoms. The molecule has 0 fully saturated rings. The highest BCUT2D eigenvalue weighted by atomic mass is 79.9. The second-order valence-electron chi connectivity index (χ2n) is 4.01. The van der Waals surface area contributed by atoms with E-state index in [9.17, 15) is 0 Å². The van der Waals surface area contributed by atoms with Gasteiger partial charge in [-0.1, -0.05) is 49.0 Å². The van der Waals surface area contributed by atoms with Gasteiger partial charge in [-0.2, -0.15) is 0 Å². The maximum absolute atomic E-state index is 5.63. The Morgan fingerprint density at radius 3 is 2.53 bits per heavy atom. The van der Waals surface area contributed by atoms with Crippen molar-refractivity contribution in [1.82, 2.24) is 0 Å². The van der Waals surface area contributed by atoms with Crippen molar-refractivity contribution in [1.29, 1.82) is 0 Å². The third kappa shape index (κ3) is 3.25. The summed E-state index contributed by atoms with van der Waals surface area (Å²) in [5.41, 5.74) is 2.95. The molecule has 0 bridgehead atoms. The first-order chi connectivity index (χ1) is 9.24. The Morgan fingerprint density at radius 1 is 1.11 bits per heavy atom. The maximum atomic E-state index is 5.63. The zero-order chi connectivity index (χ0) is 13.7. The summed E-state index contributed by atoms with van der Waals surface area (Å²) in [6, 6.07) is 15.9. The predicted molar refractivity (Wildman–Crippen MR) is 81.2 cm³/mol. The molecule has 0 aliphatic carbocycles. The van der Waals surface area contributed by atoms with Crippen molar-refractivity contribution in [3.05, 3.63) is 70.7 Å². The van der Waals surface area contributed by atoms with Gasteiger partial charge in [-0.15, -0.1) is 0 Å². The van der Waals surface area contributed by atoms with Gasteiger partial charge < -0.3 is 9.47 Å². The Bertz CT molecular complexity index is 564. The molecule has 0 spiro atoms. The molecule has 0 N–H and O–H groups in total. The zero-order valence-electron chi connectivity index (χ0n) is 10.7. The van der Waals surface area contributed by atoms with Gasteiger partial charge >= 0.3 is 0 Å². The third-order valence-corrected chi connectivity index (χ3v) is 3.36. The Morgan fingerprint density at radius 2 is 1.84 bits per heavy atom. The van der Waals surface area contributed by atoms with E-state index >= 15 is 0 Å². The van der Waals surface area contributed by atoms with Crippen LogP contribution in [0.1, 0.15) is 11.1 Å². The van der Waals surface area contributed by atoms with Crippen molar-refractivity contribution in [3.63, 3.8) is 0 Å². The van der Waals surface area contributed by atoms with Crippen LogP contribution in [-0.2, 0) is 4.74 Å². The molecule has 0 aromatic heterocycles. The number of hydrogen-bond acceptors (Lipinski definition) is 2. The van der Waals surface area contributed by atoms with E-state index in [1.807, 2.05) is 48.5 Å². The summed E-state index contributed by atoms with van der Waals surface area (Å²) < 4.78 is 11.5. The van der Waals surface area contributed by atoms with Gasteiger partial charge in [0.25, 0.3) is 0 Å². The van der Waals surface area contributed by atoms with Gasteiger partial charge in [-0.05, 0) is 33.1 Å². The van der Waals surface area contributed by atoms with Crippen molar-refractivity contribution in [2.24, 2.45) is 0 Å². The number of methoxy groups -OCH3 is 1. The normalized spacial score (nSPS) is 10.2. The number of para-hydroxylation sites is 1. The van der Waals surface area contributed by atoms with Crippen LogP contribution in [0.15, 0.2) is 59.6 Å². The second-order valence-corrected chi connectivity index (χ2v) is 4.87. The number of ether oxygens (including phenoxy) is 2. The lowest BCUT2D eigenvalue weighted by Crippen LogP contribution is -2.02. The van der Waals surface area contributed by atoms with Crippen LogP contribution < -0.4 is 4.74 Å². The van der Waals surface area contributed by atoms with E-state index in [0.717, 1.165) is 26.9 Å². The van der Waals surface area contributed by atoms with E-state index in [2.05, 4.69) is 22.5 Å². The van der Waals surface area contributed by atoms with Gasteiger partial charge in [0.2, 0.25) is 0 Å². The number of benzene rings is 2. The van der Waals surface area contributed by atoms with Crippen LogP contribution >= 0.6 is 15.9 Å². The van der Waals surface area contributed by atoms with E-state index in [1.54, 1.807) is 7.11 Å². The monoisotopic (exact) mass is 318 g/mol. The standard InChI is InChI=1S/C16H15BrO2/c1-12(13-7-4-3-5-8-13)14-9-6-10-15(17)16(14)19-11-18-2/h3-10H,1,11H2,2H3. The minimum Gasteiger partial charge on any atom is -0.466 e. The fourth-order valence-corrected chi connectivity index (χ4v) is 2.29. The van der Waals surface area contributed by atoms with Gasteiger partial charge in [0.1, 0.15) is 5.75 Å². The lowest BCUT2D eigenvalue weighted by atomic mass is 9.99. The summed E-state index contributed by atoms with van der Waals surface area (Å²) in [6.07, 6.45) is 0. The molecule has 0 radical (unpaired) electrons. The molecule has 0 heterocycles. The molecular weight excluding hydrogens is 304 g/mol. The molecule has 2 aromatic carbocycles. The van der Waals surface area contributed by atoms with Crippen molar-refractivity contribution < 1.29 is 9.47 Å². The average molecular weight is 319 g/mol. The molecule has 0 amide bonds. The molecule has 0 aliphatic heterocycles. The van der Waals surface area contributed by atoms with Crippen molar-refractivity contribution >= 4 is 21.5 Å². The predicted octanol–water partition coefficient (Wildman–Crippen LogP) is 4.49. The molecule has 2 rings (SSSR count). The Kier molecular flexibility index (Phi) is 4.77. The molecule has 98 valence electrons. The lowest BCUT2D eigenvalue weighted by Gasteiger charge is -2.14. The molecule has 0 atom stereocenters. The van der Waals surface area contributed by atoms with E-state index in [1.165, 1.54) is 0 Å². The summed E-state index contributed by atoms with van der Waals surface area (Å²) in [5, 5.41) is 0. The van der Waals surface area contributed by atoms with Crippen LogP contribution in [0.4, 0.5) is 0 Å². The van der Waals surface area contributed by atoms with Crippen LogP contribution in [-0.4, -0.2) is 13.9 Å². The zero-order valence-corrected chi connectivity index (χ0v) is 12.3. The first-order valence-corrected chi connectivity index (χ1v) is 6.68. The first kappa shape index (κ1) is 13.8. The topological polar surface area (TPSA) is 18.5 Å². The van der Waals surface area contributed by atoms with Crippen molar-refractivity contribution in [3.8, 4) is 5.75 Å². The average Bonchev–Trinajstić information content (AvgIpc) is 2.46. The summed E-state index contributed by atoms with van der Waals surface area (Å²) >= 11 is 3.50. The van der Waals surface area contributed by atoms with Crippen LogP contribution in [0.2, 0.25) is 0 Å². The van der Waals surface area contributed by atoms with E-state index in [0.29, 0.717) is 0 Å². The summed E-state index contributed by atoms with van der Waals surface area (Å²) in [5.74, 6) is 0.748. The third-order valence-electron chi connectivity index (χ3n) is 2.74. The van der Waals surface area contributed by atoms with Crippen molar-refractivity contribution in [2.45, 2.75) is 0 Å². The van der Waals surface area contributed by atoms with E-state index in [4.69, 9.17) is 9.47 Å². The van der Waals surface area contributed by atoms with Gasteiger partial charge in [0.15, 0.2) is 6.79 Å². The fourth-order valence-electron chi connectivity index (χ4n) is 1.81. The molecule has 0 aliphatic rings. The van der Waals surface area contributed by atoms with Gasteiger partial charge in [0, 0.05) is 12.7 Å². The van der Waals surface area contributed by atoms with Crippen LogP contribution in [0, 0.1) is 0 Å². The molecule has 0 unspecified atom stereocenters. The molecular formula is C16H15BrO2. The van der Waals surface area contributed by atoms with Gasteiger partial charge in [-0.25, -0.2) is 0 Å². The molecule has 0 saturated carbocycles. The van der Waals surface area contributed by atoms with Gasteiger partial charge in [-0.3, -0.25) is 0 Å². The number of rotatable bonds is 5. The maximum Gasteiger partial charge on any atom is 0.188 e. The van der Waals surface area contributed by atoms with Crippen LogP contribution in [0.25, 0.3) is 5.57 Å². The Labute approximate surface area is 121 Å². The minimum absolute atomic E-state index is 0.206. The number of halogens is 1. The Hall–Kier alpha value is -1.58. The van der Waals surface area contributed by atoms with E-state index in [-0.39, 0.29) is 6.79 Å². The smallest absolute Gasteiger partial charge is 0.188 e. The second kappa shape index (κ2) is 6.55. The molecule has 0 saturated heterocycles. The lowest BCUT2D eigenvalue weighted by molar-refractivity contribution is 0.0504. The Balaban J connectivity index is 2.39. The quantitative estimate of drug-likeness (QED) is 0.756. The van der Waals surface area contributed by atoms with E-state index < -0.39 is 0 Å². The SMILES string of the molecule is C=C(c1ccccc1)c1cccc(Br)c1OCOC. The molecule has 3 heteroatoms. The summed E-state index contributed by atoms with van der Waals surface area (Å²) in [7, 11) is 1.60. The highest BCUT2D eigenvalue weighted by Crippen LogP contribution is 2.35. The van der Waals surface area contributed by atoms with Crippen LogP contribution in [0.3, 0.4) is 0 Å². The highest BCUT2D eigenvalue weighted by molar-refractivity contribution is 9.10. The molecule has 2 aromatic rings. The summed E-state index contributed by atoms with van der Waals surface area (Å²) in [6.45, 7) is 4.37. The highest BCUT2D eigenvalue weighted by Gasteiger charge is 2.12.